The number of alkyl halides is 2. The third kappa shape index (κ3) is 4.76. The standard InChI is InChI=1S/C14H22F2N2O/c1-10-5-6-13(19-4)11(7-10)12(17-2)8-18(3)9-14(15)16/h5-7,12,14,17H,8-9H2,1-4H3. The second-order valence-electron chi connectivity index (χ2n) is 4.70. The summed E-state index contributed by atoms with van der Waals surface area (Å²) in [6, 6.07) is 5.86. The summed E-state index contributed by atoms with van der Waals surface area (Å²) >= 11 is 0. The van der Waals surface area contributed by atoms with Gasteiger partial charge in [-0.15, -0.1) is 0 Å². The van der Waals surface area contributed by atoms with Gasteiger partial charge in [-0.2, -0.15) is 0 Å². The van der Waals surface area contributed by atoms with E-state index in [-0.39, 0.29) is 12.6 Å². The Bertz CT molecular complexity index is 399. The maximum absolute atomic E-state index is 12.4. The fourth-order valence-electron chi connectivity index (χ4n) is 2.09. The molecule has 3 nitrogen and oxygen atoms in total. The zero-order valence-corrected chi connectivity index (χ0v) is 11.9. The fraction of sp³-hybridized carbons (Fsp3) is 0.571. The van der Waals surface area contributed by atoms with E-state index in [1.54, 1.807) is 19.1 Å². The van der Waals surface area contributed by atoms with Gasteiger partial charge < -0.3 is 10.1 Å². The van der Waals surface area contributed by atoms with Gasteiger partial charge in [-0.3, -0.25) is 4.90 Å². The highest BCUT2D eigenvalue weighted by atomic mass is 19.3. The Morgan fingerprint density at radius 2 is 2.00 bits per heavy atom. The first-order chi connectivity index (χ1) is 8.97. The van der Waals surface area contributed by atoms with Crippen molar-refractivity contribution in [2.24, 2.45) is 0 Å². The van der Waals surface area contributed by atoms with Crippen LogP contribution in [-0.4, -0.2) is 45.6 Å². The molecule has 0 amide bonds. The van der Waals surface area contributed by atoms with Crippen molar-refractivity contribution < 1.29 is 13.5 Å². The third-order valence-corrected chi connectivity index (χ3v) is 3.05. The van der Waals surface area contributed by atoms with Crippen LogP contribution < -0.4 is 10.1 Å². The zero-order chi connectivity index (χ0) is 14.4. The number of hydrogen-bond donors (Lipinski definition) is 1. The summed E-state index contributed by atoms with van der Waals surface area (Å²) in [6.45, 7) is 2.27. The number of benzene rings is 1. The van der Waals surface area contributed by atoms with Crippen molar-refractivity contribution in [1.29, 1.82) is 0 Å². The van der Waals surface area contributed by atoms with Crippen LogP contribution in [0, 0.1) is 6.92 Å². The highest BCUT2D eigenvalue weighted by molar-refractivity contribution is 5.39. The van der Waals surface area contributed by atoms with Gasteiger partial charge in [0.05, 0.1) is 13.7 Å². The van der Waals surface area contributed by atoms with Crippen LogP contribution >= 0.6 is 0 Å². The van der Waals surface area contributed by atoms with Gasteiger partial charge in [0, 0.05) is 18.2 Å². The third-order valence-electron chi connectivity index (χ3n) is 3.05. The Balaban J connectivity index is 2.87. The molecule has 1 unspecified atom stereocenters. The van der Waals surface area contributed by atoms with Gasteiger partial charge in [0.1, 0.15) is 5.75 Å². The lowest BCUT2D eigenvalue weighted by atomic mass is 10.0. The molecule has 0 saturated heterocycles. The van der Waals surface area contributed by atoms with Crippen molar-refractivity contribution in [3.8, 4) is 5.75 Å². The normalized spacial score (nSPS) is 13.1. The summed E-state index contributed by atoms with van der Waals surface area (Å²) in [5.41, 5.74) is 2.11. The molecule has 0 aliphatic heterocycles. The van der Waals surface area contributed by atoms with Crippen molar-refractivity contribution in [2.75, 3.05) is 34.3 Å². The van der Waals surface area contributed by atoms with Gasteiger partial charge in [0.25, 0.3) is 6.43 Å². The average Bonchev–Trinajstić information content (AvgIpc) is 2.35. The Morgan fingerprint density at radius 1 is 1.32 bits per heavy atom. The molecule has 0 heterocycles. The summed E-state index contributed by atoms with van der Waals surface area (Å²) in [6.07, 6.45) is -2.32. The molecule has 1 rings (SSSR count). The molecule has 19 heavy (non-hydrogen) atoms. The van der Waals surface area contributed by atoms with E-state index >= 15 is 0 Å². The van der Waals surface area contributed by atoms with Crippen LogP contribution in [0.3, 0.4) is 0 Å². The topological polar surface area (TPSA) is 24.5 Å². The summed E-state index contributed by atoms with van der Waals surface area (Å²) in [5.74, 6) is 0.774. The van der Waals surface area contributed by atoms with E-state index in [0.29, 0.717) is 6.54 Å². The fourth-order valence-corrected chi connectivity index (χ4v) is 2.09. The number of nitrogens with one attached hydrogen (secondary N) is 1. The zero-order valence-electron chi connectivity index (χ0n) is 11.9. The number of rotatable bonds is 7. The van der Waals surface area contributed by atoms with E-state index in [0.717, 1.165) is 16.9 Å². The smallest absolute Gasteiger partial charge is 0.251 e. The molecule has 1 N–H and O–H groups in total. The molecule has 1 aromatic carbocycles. The van der Waals surface area contributed by atoms with Gasteiger partial charge >= 0.3 is 0 Å². The predicted molar refractivity (Wildman–Crippen MR) is 73.0 cm³/mol. The monoisotopic (exact) mass is 272 g/mol. The van der Waals surface area contributed by atoms with E-state index in [1.165, 1.54) is 0 Å². The molecular weight excluding hydrogens is 250 g/mol. The number of aryl methyl sites for hydroxylation is 1. The van der Waals surface area contributed by atoms with Gasteiger partial charge in [-0.05, 0) is 27.1 Å². The molecule has 0 aromatic heterocycles. The maximum atomic E-state index is 12.4. The lowest BCUT2D eigenvalue weighted by Gasteiger charge is -2.25. The average molecular weight is 272 g/mol. The molecule has 0 fully saturated rings. The van der Waals surface area contributed by atoms with E-state index in [1.807, 2.05) is 32.2 Å². The van der Waals surface area contributed by atoms with Crippen molar-refractivity contribution in [3.63, 3.8) is 0 Å². The molecule has 5 heteroatoms. The maximum Gasteiger partial charge on any atom is 0.251 e. The van der Waals surface area contributed by atoms with Crippen LogP contribution in [-0.2, 0) is 0 Å². The Labute approximate surface area is 113 Å². The van der Waals surface area contributed by atoms with Gasteiger partial charge in [0.15, 0.2) is 0 Å². The Kier molecular flexibility index (Phi) is 6.18. The first-order valence-corrected chi connectivity index (χ1v) is 6.26. The lowest BCUT2D eigenvalue weighted by Crippen LogP contribution is -2.34. The van der Waals surface area contributed by atoms with Crippen LogP contribution in [0.5, 0.6) is 5.75 Å². The van der Waals surface area contributed by atoms with Gasteiger partial charge in [-0.1, -0.05) is 17.7 Å². The minimum absolute atomic E-state index is 0.0430. The molecule has 0 aliphatic rings. The molecule has 1 atom stereocenters. The van der Waals surface area contributed by atoms with Crippen LogP contribution in [0.25, 0.3) is 0 Å². The number of hydrogen-bond acceptors (Lipinski definition) is 3. The van der Waals surface area contributed by atoms with E-state index in [2.05, 4.69) is 5.32 Å². The number of ether oxygens (including phenoxy) is 1. The minimum atomic E-state index is -2.32. The Morgan fingerprint density at radius 3 is 2.53 bits per heavy atom. The van der Waals surface area contributed by atoms with Crippen molar-refractivity contribution in [1.82, 2.24) is 10.2 Å². The molecule has 0 bridgehead atoms. The second kappa shape index (κ2) is 7.40. The molecule has 0 radical (unpaired) electrons. The molecular formula is C14H22F2N2O. The van der Waals surface area contributed by atoms with Crippen LogP contribution in [0.2, 0.25) is 0 Å². The summed E-state index contributed by atoms with van der Waals surface area (Å²) in [4.78, 5) is 1.62. The SMILES string of the molecule is CNC(CN(C)CC(F)F)c1cc(C)ccc1OC. The first kappa shape index (κ1) is 15.9. The lowest BCUT2D eigenvalue weighted by molar-refractivity contribution is 0.0961. The summed E-state index contributed by atoms with van der Waals surface area (Å²) in [7, 11) is 5.13. The van der Waals surface area contributed by atoms with Gasteiger partial charge in [-0.25, -0.2) is 8.78 Å². The van der Waals surface area contributed by atoms with E-state index in [4.69, 9.17) is 4.74 Å². The highest BCUT2D eigenvalue weighted by Crippen LogP contribution is 2.26. The van der Waals surface area contributed by atoms with Crippen LogP contribution in [0.15, 0.2) is 18.2 Å². The predicted octanol–water partition coefficient (Wildman–Crippen LogP) is 2.46. The quantitative estimate of drug-likeness (QED) is 0.825. The van der Waals surface area contributed by atoms with Crippen molar-refractivity contribution in [3.05, 3.63) is 29.3 Å². The molecule has 0 aliphatic carbocycles. The second-order valence-corrected chi connectivity index (χ2v) is 4.70. The number of nitrogens with zero attached hydrogens (tertiary/aromatic N) is 1. The van der Waals surface area contributed by atoms with Crippen LogP contribution in [0.4, 0.5) is 8.78 Å². The molecule has 0 spiro atoms. The number of halogens is 2. The molecule has 1 aromatic rings. The van der Waals surface area contributed by atoms with E-state index in [9.17, 15) is 8.78 Å². The number of methoxy groups -OCH3 is 1. The highest BCUT2D eigenvalue weighted by Gasteiger charge is 2.18. The minimum Gasteiger partial charge on any atom is -0.496 e. The first-order valence-electron chi connectivity index (χ1n) is 6.26. The van der Waals surface area contributed by atoms with Gasteiger partial charge in [0.2, 0.25) is 0 Å². The largest absolute Gasteiger partial charge is 0.496 e. The van der Waals surface area contributed by atoms with Crippen molar-refractivity contribution >= 4 is 0 Å². The molecule has 0 saturated carbocycles. The summed E-state index contributed by atoms with van der Waals surface area (Å²) < 4.78 is 30.1. The van der Waals surface area contributed by atoms with E-state index < -0.39 is 6.43 Å². The number of likely N-dealkylation sites (N-methyl/N-ethyl adjacent to an activating group) is 2. The van der Waals surface area contributed by atoms with Crippen LogP contribution in [0.1, 0.15) is 17.2 Å². The Hall–Kier alpha value is -1.20. The van der Waals surface area contributed by atoms with Crippen molar-refractivity contribution in [2.45, 2.75) is 19.4 Å². The summed E-state index contributed by atoms with van der Waals surface area (Å²) in [5, 5.41) is 3.16. The molecule has 108 valence electrons.